The Bertz CT molecular complexity index is 695. The smallest absolute Gasteiger partial charge is 0.243 e. The summed E-state index contributed by atoms with van der Waals surface area (Å²) in [5.74, 6) is 2.97. The number of hydrogen-bond acceptors (Lipinski definition) is 3. The molecule has 4 saturated carbocycles. The Morgan fingerprint density at radius 2 is 1.68 bits per heavy atom. The molecule has 0 saturated heterocycles. The van der Waals surface area contributed by atoms with Gasteiger partial charge >= 0.3 is 0 Å². The van der Waals surface area contributed by atoms with E-state index in [4.69, 9.17) is 4.74 Å². The predicted molar refractivity (Wildman–Crippen MR) is 109 cm³/mol. The summed E-state index contributed by atoms with van der Waals surface area (Å²) in [5, 5.41) is 5.70. The third-order valence-electron chi connectivity index (χ3n) is 6.77. The molecule has 4 aliphatic carbocycles. The molecule has 2 amide bonds. The monoisotopic (exact) mass is 384 g/mol. The minimum Gasteiger partial charge on any atom is -0.491 e. The number of hydrogen-bond donors (Lipinski definition) is 2. The molecule has 152 valence electrons. The fourth-order valence-corrected chi connectivity index (χ4v) is 6.19. The number of rotatable bonds is 8. The average Bonchev–Trinajstić information content (AvgIpc) is 2.64. The average molecular weight is 385 g/mol. The summed E-state index contributed by atoms with van der Waals surface area (Å²) >= 11 is 0. The summed E-state index contributed by atoms with van der Waals surface area (Å²) in [5.41, 5.74) is 0.854. The summed E-state index contributed by atoms with van der Waals surface area (Å²) in [7, 11) is 0. The fraction of sp³-hybridized carbons (Fsp3) is 0.652. The Morgan fingerprint density at radius 3 is 2.32 bits per heavy atom. The van der Waals surface area contributed by atoms with Gasteiger partial charge in [0.2, 0.25) is 11.8 Å². The van der Waals surface area contributed by atoms with Gasteiger partial charge in [-0.1, -0.05) is 19.1 Å². The Kier molecular flexibility index (Phi) is 5.61. The number of anilines is 1. The van der Waals surface area contributed by atoms with E-state index in [1.54, 1.807) is 0 Å². The number of amides is 2. The minimum atomic E-state index is -0.216. The predicted octanol–water partition coefficient (Wildman–Crippen LogP) is 4.14. The van der Waals surface area contributed by atoms with Crippen LogP contribution in [0.15, 0.2) is 24.3 Å². The third kappa shape index (κ3) is 4.34. The van der Waals surface area contributed by atoms with Crippen LogP contribution in [0.3, 0.4) is 0 Å². The zero-order chi connectivity index (χ0) is 19.6. The molecule has 0 aromatic heterocycles. The first-order chi connectivity index (χ1) is 13.5. The highest BCUT2D eigenvalue weighted by Gasteiger charge is 2.51. The first kappa shape index (κ1) is 19.3. The van der Waals surface area contributed by atoms with Crippen LogP contribution in [0.2, 0.25) is 0 Å². The molecule has 5 heteroatoms. The maximum atomic E-state index is 12.6. The summed E-state index contributed by atoms with van der Waals surface area (Å²) in [6.07, 6.45) is 9.25. The number of carbonyl (C=O) groups is 2. The number of carbonyl (C=O) groups excluding carboxylic acids is 2. The van der Waals surface area contributed by atoms with Crippen molar-refractivity contribution in [2.45, 2.75) is 58.3 Å². The number of nitrogens with one attached hydrogen (secondary N) is 2. The second-order valence-electron chi connectivity index (χ2n) is 9.26. The molecular weight excluding hydrogens is 352 g/mol. The van der Waals surface area contributed by atoms with Crippen LogP contribution in [-0.2, 0) is 9.59 Å². The molecular formula is C23H32N2O3. The molecule has 0 radical (unpaired) electrons. The molecule has 5 rings (SSSR count). The Hall–Kier alpha value is -2.04. The molecule has 0 spiro atoms. The van der Waals surface area contributed by atoms with Gasteiger partial charge in [-0.3, -0.25) is 9.59 Å². The first-order valence-electron chi connectivity index (χ1n) is 10.8. The van der Waals surface area contributed by atoms with Gasteiger partial charge in [-0.2, -0.15) is 0 Å². The molecule has 0 heterocycles. The molecule has 4 aliphatic rings. The van der Waals surface area contributed by atoms with E-state index in [0.29, 0.717) is 24.5 Å². The summed E-state index contributed by atoms with van der Waals surface area (Å²) in [6.45, 7) is 2.66. The highest BCUT2D eigenvalue weighted by Crippen LogP contribution is 2.61. The second kappa shape index (κ2) is 8.14. The van der Waals surface area contributed by atoms with Crippen LogP contribution in [0.1, 0.15) is 58.3 Å². The highest BCUT2D eigenvalue weighted by atomic mass is 16.5. The van der Waals surface area contributed by atoms with Gasteiger partial charge in [0.15, 0.2) is 0 Å². The molecule has 1 aromatic rings. The molecule has 5 nitrogen and oxygen atoms in total. The lowest BCUT2D eigenvalue weighted by Gasteiger charge is -2.56. The van der Waals surface area contributed by atoms with Gasteiger partial charge in [0, 0.05) is 6.42 Å². The largest absolute Gasteiger partial charge is 0.491 e. The van der Waals surface area contributed by atoms with Gasteiger partial charge in [-0.15, -0.1) is 0 Å². The summed E-state index contributed by atoms with van der Waals surface area (Å²) < 4.78 is 5.67. The van der Waals surface area contributed by atoms with E-state index in [-0.39, 0.29) is 23.8 Å². The first-order valence-corrected chi connectivity index (χ1v) is 10.8. The van der Waals surface area contributed by atoms with E-state index in [2.05, 4.69) is 10.6 Å². The lowest BCUT2D eigenvalue weighted by molar-refractivity contribution is -0.131. The van der Waals surface area contributed by atoms with Crippen molar-refractivity contribution in [3.63, 3.8) is 0 Å². The van der Waals surface area contributed by atoms with E-state index >= 15 is 0 Å². The van der Waals surface area contributed by atoms with Crippen molar-refractivity contribution in [3.05, 3.63) is 24.3 Å². The maximum Gasteiger partial charge on any atom is 0.243 e. The van der Waals surface area contributed by atoms with Crippen LogP contribution < -0.4 is 15.4 Å². The summed E-state index contributed by atoms with van der Waals surface area (Å²) in [4.78, 5) is 24.9. The maximum absolute atomic E-state index is 12.6. The van der Waals surface area contributed by atoms with Crippen molar-refractivity contribution in [2.75, 3.05) is 18.5 Å². The zero-order valence-corrected chi connectivity index (χ0v) is 16.8. The SMILES string of the molecule is CCCOc1ccccc1NC(=O)CNC(=O)CC12CC3CC(CC(C3)C1)C2. The minimum absolute atomic E-state index is 0.00725. The van der Waals surface area contributed by atoms with Crippen molar-refractivity contribution in [3.8, 4) is 5.75 Å². The van der Waals surface area contributed by atoms with E-state index < -0.39 is 0 Å². The highest BCUT2D eigenvalue weighted by molar-refractivity contribution is 5.95. The Balaban J connectivity index is 1.27. The molecule has 2 N–H and O–H groups in total. The van der Waals surface area contributed by atoms with E-state index in [9.17, 15) is 9.59 Å². The topological polar surface area (TPSA) is 67.4 Å². The van der Waals surface area contributed by atoms with E-state index in [0.717, 1.165) is 24.2 Å². The molecule has 0 aliphatic heterocycles. The quantitative estimate of drug-likeness (QED) is 0.708. The number of para-hydroxylation sites is 2. The van der Waals surface area contributed by atoms with Crippen molar-refractivity contribution >= 4 is 17.5 Å². The van der Waals surface area contributed by atoms with Gasteiger partial charge in [0.25, 0.3) is 0 Å². The van der Waals surface area contributed by atoms with Gasteiger partial charge in [0.05, 0.1) is 18.8 Å². The Labute approximate surface area is 167 Å². The van der Waals surface area contributed by atoms with Gasteiger partial charge in [-0.05, 0) is 80.2 Å². The zero-order valence-electron chi connectivity index (χ0n) is 16.8. The normalized spacial score (nSPS) is 30.1. The van der Waals surface area contributed by atoms with Crippen LogP contribution in [-0.4, -0.2) is 25.0 Å². The van der Waals surface area contributed by atoms with Crippen LogP contribution in [0.25, 0.3) is 0 Å². The molecule has 0 atom stereocenters. The molecule has 0 unspecified atom stereocenters. The number of ether oxygens (including phenoxy) is 1. The van der Waals surface area contributed by atoms with Crippen LogP contribution in [0.4, 0.5) is 5.69 Å². The lowest BCUT2D eigenvalue weighted by atomic mass is 9.49. The fourth-order valence-electron chi connectivity index (χ4n) is 6.19. The van der Waals surface area contributed by atoms with Crippen molar-refractivity contribution < 1.29 is 14.3 Å². The number of benzene rings is 1. The van der Waals surface area contributed by atoms with Gasteiger partial charge in [-0.25, -0.2) is 0 Å². The van der Waals surface area contributed by atoms with Gasteiger partial charge in [0.1, 0.15) is 5.75 Å². The van der Waals surface area contributed by atoms with E-state index in [1.165, 1.54) is 38.5 Å². The molecule has 28 heavy (non-hydrogen) atoms. The summed E-state index contributed by atoms with van der Waals surface area (Å²) in [6, 6.07) is 7.41. The van der Waals surface area contributed by atoms with Crippen LogP contribution in [0, 0.1) is 23.2 Å². The standard InChI is InChI=1S/C23H32N2O3/c1-2-7-28-20-6-4-3-5-19(20)25-22(27)15-24-21(26)14-23-11-16-8-17(12-23)10-18(9-16)13-23/h3-6,16-18H,2,7-15H2,1H3,(H,24,26)(H,25,27). The van der Waals surface area contributed by atoms with Crippen molar-refractivity contribution in [1.82, 2.24) is 5.32 Å². The van der Waals surface area contributed by atoms with Crippen LogP contribution >= 0.6 is 0 Å². The molecule has 1 aromatic carbocycles. The molecule has 4 fully saturated rings. The lowest BCUT2D eigenvalue weighted by Crippen LogP contribution is -2.48. The Morgan fingerprint density at radius 1 is 1.04 bits per heavy atom. The van der Waals surface area contributed by atoms with Crippen molar-refractivity contribution in [2.24, 2.45) is 23.2 Å². The third-order valence-corrected chi connectivity index (χ3v) is 6.77. The van der Waals surface area contributed by atoms with Gasteiger partial charge < -0.3 is 15.4 Å². The van der Waals surface area contributed by atoms with E-state index in [1.807, 2.05) is 31.2 Å². The van der Waals surface area contributed by atoms with Crippen molar-refractivity contribution in [1.29, 1.82) is 0 Å². The second-order valence-corrected chi connectivity index (χ2v) is 9.26. The molecule has 4 bridgehead atoms. The van der Waals surface area contributed by atoms with Crippen LogP contribution in [0.5, 0.6) is 5.75 Å².